The molecule has 0 aliphatic heterocycles. The summed E-state index contributed by atoms with van der Waals surface area (Å²) in [6.07, 6.45) is 0.996. The molecule has 1 rings (SSSR count). The summed E-state index contributed by atoms with van der Waals surface area (Å²) in [5.41, 5.74) is 0. The lowest BCUT2D eigenvalue weighted by atomic mass is 10.4. The number of hydrogen-bond donors (Lipinski definition) is 1. The molecule has 0 amide bonds. The molecule has 7 heteroatoms. The lowest BCUT2D eigenvalue weighted by Crippen LogP contribution is -2.39. The summed E-state index contributed by atoms with van der Waals surface area (Å²) in [4.78, 5) is 0.949. The van der Waals surface area contributed by atoms with Gasteiger partial charge in [0.15, 0.2) is 0 Å². The Bertz CT molecular complexity index is 488. The molecule has 1 unspecified atom stereocenters. The molecule has 0 spiro atoms. The van der Waals surface area contributed by atoms with Crippen LogP contribution in [0.4, 0.5) is 0 Å². The Hall–Kier alpha value is -0.140. The highest BCUT2D eigenvalue weighted by atomic mass is 35.5. The Morgan fingerprint density at radius 2 is 2.16 bits per heavy atom. The third-order valence-corrected chi connectivity index (χ3v) is 6.21. The third kappa shape index (κ3) is 5.04. The van der Waals surface area contributed by atoms with E-state index in [4.69, 9.17) is 11.6 Å². The van der Waals surface area contributed by atoms with Gasteiger partial charge < -0.3 is 5.32 Å². The van der Waals surface area contributed by atoms with Gasteiger partial charge in [-0.05, 0) is 32.0 Å². The number of rotatable bonds is 8. The predicted molar refractivity (Wildman–Crippen MR) is 82.3 cm³/mol. The van der Waals surface area contributed by atoms with Crippen molar-refractivity contribution in [3.05, 3.63) is 21.3 Å². The highest BCUT2D eigenvalue weighted by Gasteiger charge is 2.25. The van der Waals surface area contributed by atoms with Crippen molar-refractivity contribution in [1.82, 2.24) is 9.62 Å². The van der Waals surface area contributed by atoms with Crippen LogP contribution in [0.2, 0.25) is 4.34 Å². The number of sulfonamides is 1. The normalized spacial score (nSPS) is 13.9. The minimum absolute atomic E-state index is 0.373. The van der Waals surface area contributed by atoms with Gasteiger partial charge in [0.05, 0.1) is 9.59 Å². The second kappa shape index (κ2) is 7.59. The fraction of sp³-hybridized carbons (Fsp3) is 0.667. The highest BCUT2D eigenvalue weighted by molar-refractivity contribution is 7.89. The lowest BCUT2D eigenvalue weighted by Gasteiger charge is -2.21. The molecule has 4 nitrogen and oxygen atoms in total. The van der Waals surface area contributed by atoms with Gasteiger partial charge in [-0.1, -0.05) is 18.5 Å². The fourth-order valence-corrected chi connectivity index (χ4v) is 4.13. The standard InChI is InChI=1S/C12H21ClN2O2S2/c1-4-7-14-8-10(2)19(16,17)15(3)9-11-5-6-12(13)18-11/h5-6,10,14H,4,7-9H2,1-3H3. The summed E-state index contributed by atoms with van der Waals surface area (Å²) in [6.45, 7) is 5.47. The van der Waals surface area contributed by atoms with Gasteiger partial charge in [0.25, 0.3) is 0 Å². The van der Waals surface area contributed by atoms with Crippen molar-refractivity contribution in [3.8, 4) is 0 Å². The van der Waals surface area contributed by atoms with Crippen LogP contribution in [0.15, 0.2) is 12.1 Å². The van der Waals surface area contributed by atoms with Gasteiger partial charge in [-0.3, -0.25) is 0 Å². The van der Waals surface area contributed by atoms with Gasteiger partial charge in [0.2, 0.25) is 10.0 Å². The largest absolute Gasteiger partial charge is 0.315 e. The predicted octanol–water partition coefficient (Wildman–Crippen LogP) is 2.55. The molecule has 0 aliphatic carbocycles. The number of nitrogens with zero attached hydrogens (tertiary/aromatic N) is 1. The summed E-state index contributed by atoms with van der Waals surface area (Å²) < 4.78 is 26.7. The van der Waals surface area contributed by atoms with E-state index in [0.29, 0.717) is 17.4 Å². The van der Waals surface area contributed by atoms with Crippen LogP contribution in [0, 0.1) is 0 Å². The molecule has 0 radical (unpaired) electrons. The minimum Gasteiger partial charge on any atom is -0.315 e. The molecule has 0 aromatic carbocycles. The maximum absolute atomic E-state index is 12.3. The topological polar surface area (TPSA) is 49.4 Å². The van der Waals surface area contributed by atoms with Crippen LogP contribution >= 0.6 is 22.9 Å². The molecule has 1 heterocycles. The van der Waals surface area contributed by atoms with E-state index in [2.05, 4.69) is 12.2 Å². The van der Waals surface area contributed by atoms with Crippen molar-refractivity contribution in [3.63, 3.8) is 0 Å². The van der Waals surface area contributed by atoms with Crippen LogP contribution in [0.5, 0.6) is 0 Å². The van der Waals surface area contributed by atoms with Gasteiger partial charge in [-0.15, -0.1) is 11.3 Å². The Kier molecular flexibility index (Phi) is 6.76. The first-order valence-electron chi connectivity index (χ1n) is 6.28. The van der Waals surface area contributed by atoms with Crippen LogP contribution in [0.3, 0.4) is 0 Å². The van der Waals surface area contributed by atoms with E-state index < -0.39 is 15.3 Å². The van der Waals surface area contributed by atoms with Gasteiger partial charge in [0.1, 0.15) is 0 Å². The van der Waals surface area contributed by atoms with Crippen LogP contribution in [-0.4, -0.2) is 38.1 Å². The average molecular weight is 325 g/mol. The fourth-order valence-electron chi connectivity index (χ4n) is 1.64. The van der Waals surface area contributed by atoms with Crippen LogP contribution in [0.1, 0.15) is 25.1 Å². The maximum atomic E-state index is 12.3. The maximum Gasteiger partial charge on any atom is 0.218 e. The number of nitrogens with one attached hydrogen (secondary N) is 1. The smallest absolute Gasteiger partial charge is 0.218 e. The first kappa shape index (κ1) is 16.9. The molecule has 1 aromatic heterocycles. The van der Waals surface area contributed by atoms with Crippen molar-refractivity contribution in [2.24, 2.45) is 0 Å². The summed E-state index contributed by atoms with van der Waals surface area (Å²) in [6, 6.07) is 3.65. The van der Waals surface area contributed by atoms with Gasteiger partial charge in [-0.25, -0.2) is 8.42 Å². The SMILES string of the molecule is CCCNCC(C)S(=O)(=O)N(C)Cc1ccc(Cl)s1. The summed E-state index contributed by atoms with van der Waals surface area (Å²) in [5, 5.41) is 2.71. The van der Waals surface area contributed by atoms with E-state index in [-0.39, 0.29) is 0 Å². The number of hydrogen-bond acceptors (Lipinski definition) is 4. The van der Waals surface area contributed by atoms with Crippen molar-refractivity contribution in [2.45, 2.75) is 32.1 Å². The molecule has 0 saturated carbocycles. The van der Waals surface area contributed by atoms with E-state index in [1.807, 2.05) is 6.07 Å². The zero-order chi connectivity index (χ0) is 14.5. The zero-order valence-corrected chi connectivity index (χ0v) is 13.9. The van der Waals surface area contributed by atoms with Crippen molar-refractivity contribution < 1.29 is 8.42 Å². The van der Waals surface area contributed by atoms with Crippen molar-refractivity contribution in [1.29, 1.82) is 0 Å². The molecule has 110 valence electrons. The lowest BCUT2D eigenvalue weighted by molar-refractivity contribution is 0.456. The molecule has 0 fully saturated rings. The van der Waals surface area contributed by atoms with E-state index in [1.54, 1.807) is 20.0 Å². The first-order chi connectivity index (χ1) is 8.87. The second-order valence-electron chi connectivity index (χ2n) is 4.52. The molecular formula is C12H21ClN2O2S2. The number of thiophene rings is 1. The second-order valence-corrected chi connectivity index (χ2v) is 8.78. The number of halogens is 1. The Labute approximate surface area is 124 Å². The Balaban J connectivity index is 2.60. The van der Waals surface area contributed by atoms with E-state index in [0.717, 1.165) is 17.8 Å². The van der Waals surface area contributed by atoms with Crippen molar-refractivity contribution >= 4 is 33.0 Å². The molecule has 1 aromatic rings. The quantitative estimate of drug-likeness (QED) is 0.748. The van der Waals surface area contributed by atoms with E-state index >= 15 is 0 Å². The molecule has 1 atom stereocenters. The molecular weight excluding hydrogens is 304 g/mol. The molecule has 0 aliphatic rings. The van der Waals surface area contributed by atoms with Crippen molar-refractivity contribution in [2.75, 3.05) is 20.1 Å². The molecule has 1 N–H and O–H groups in total. The van der Waals surface area contributed by atoms with Gasteiger partial charge in [0, 0.05) is 25.0 Å². The first-order valence-corrected chi connectivity index (χ1v) is 8.97. The Morgan fingerprint density at radius 3 is 2.68 bits per heavy atom. The van der Waals surface area contributed by atoms with E-state index in [1.165, 1.54) is 15.6 Å². The molecule has 0 saturated heterocycles. The summed E-state index contributed by atoms with van der Waals surface area (Å²) >= 11 is 7.25. The average Bonchev–Trinajstić information content (AvgIpc) is 2.74. The third-order valence-electron chi connectivity index (χ3n) is 2.81. The van der Waals surface area contributed by atoms with Gasteiger partial charge in [-0.2, -0.15) is 4.31 Å². The Morgan fingerprint density at radius 1 is 1.47 bits per heavy atom. The summed E-state index contributed by atoms with van der Waals surface area (Å²) in [7, 11) is -1.66. The molecule has 19 heavy (non-hydrogen) atoms. The zero-order valence-electron chi connectivity index (χ0n) is 11.5. The van der Waals surface area contributed by atoms with Crippen LogP contribution in [0.25, 0.3) is 0 Å². The van der Waals surface area contributed by atoms with Crippen LogP contribution in [-0.2, 0) is 16.6 Å². The highest BCUT2D eigenvalue weighted by Crippen LogP contribution is 2.23. The monoisotopic (exact) mass is 324 g/mol. The van der Waals surface area contributed by atoms with Crippen LogP contribution < -0.4 is 5.32 Å². The van der Waals surface area contributed by atoms with E-state index in [9.17, 15) is 8.42 Å². The minimum atomic E-state index is -3.27. The molecule has 0 bridgehead atoms. The van der Waals surface area contributed by atoms with Gasteiger partial charge >= 0.3 is 0 Å². The summed E-state index contributed by atoms with van der Waals surface area (Å²) in [5.74, 6) is 0.